The number of rotatable bonds is 23. The molecule has 0 aromatic heterocycles. The van der Waals surface area contributed by atoms with Gasteiger partial charge in [0.1, 0.15) is 36.5 Å². The molecule has 1 aromatic rings. The summed E-state index contributed by atoms with van der Waals surface area (Å²) in [5, 5.41) is 69.5. The van der Waals surface area contributed by atoms with Crippen LogP contribution in [0.15, 0.2) is 24.3 Å². The van der Waals surface area contributed by atoms with E-state index in [1.165, 1.54) is 14.7 Å². The molecule has 296 valence electrons. The average Bonchev–Trinajstić information content (AvgIpc) is 3.10. The normalized spacial score (nSPS) is 18.4. The van der Waals surface area contributed by atoms with Crippen molar-refractivity contribution in [2.45, 2.75) is 50.4 Å². The molecule has 1 aromatic carbocycles. The topological polar surface area (TPSA) is 251 Å². The number of nitrogens with zero attached hydrogens (tertiary/aromatic N) is 4. The molecule has 0 saturated carbocycles. The lowest BCUT2D eigenvalue weighted by atomic mass is 10.0. The van der Waals surface area contributed by atoms with E-state index >= 15 is 0 Å². The molecular formula is C34H56N4O14. The Morgan fingerprint density at radius 1 is 0.577 bits per heavy atom. The monoisotopic (exact) mass is 744 g/mol. The first kappa shape index (κ1) is 44.7. The SMILES string of the molecule is CCOCCOCCOc1ccc(CCC[C@@H](C(=O)O)N2CCN(C(CO)C(=O)O)CCN(C(CO)C(=O)O)CCN([C@H](CO)C(=O)O)CC2)cc1. The lowest BCUT2D eigenvalue weighted by Gasteiger charge is -2.39. The van der Waals surface area contributed by atoms with Crippen molar-refractivity contribution in [3.63, 3.8) is 0 Å². The maximum Gasteiger partial charge on any atom is 0.323 e. The van der Waals surface area contributed by atoms with Gasteiger partial charge in [-0.05, 0) is 43.9 Å². The van der Waals surface area contributed by atoms with Crippen LogP contribution in [0.3, 0.4) is 0 Å². The fourth-order valence-corrected chi connectivity index (χ4v) is 6.07. The second-order valence-electron chi connectivity index (χ2n) is 12.3. The molecule has 52 heavy (non-hydrogen) atoms. The van der Waals surface area contributed by atoms with E-state index in [-0.39, 0.29) is 58.8 Å². The standard InChI is InChI=1S/C34H56N4O14/c1-2-50-18-19-51-20-21-52-26-8-6-25(7-9-26)4-3-5-27(31(42)43)35-10-12-36(28(22-39)32(44)45)14-16-38(30(24-41)34(48)49)17-15-37(13-11-35)29(23-40)33(46)47/h6-9,27-30,39-41H,2-5,10-24H2,1H3,(H,42,43)(H,44,45)(H,46,47)(H,48,49)/t27-,28+,29?,30?/m0/s1. The quantitative estimate of drug-likeness (QED) is 0.0627. The maximum atomic E-state index is 12.7. The van der Waals surface area contributed by atoms with Gasteiger partial charge in [-0.1, -0.05) is 12.1 Å². The van der Waals surface area contributed by atoms with Crippen LogP contribution in [0.1, 0.15) is 25.3 Å². The largest absolute Gasteiger partial charge is 0.491 e. The number of carboxylic acids is 4. The van der Waals surface area contributed by atoms with Crippen LogP contribution in [0.5, 0.6) is 5.75 Å². The lowest BCUT2D eigenvalue weighted by Crippen LogP contribution is -2.57. The molecular weight excluding hydrogens is 688 g/mol. The van der Waals surface area contributed by atoms with E-state index < -0.39 is 67.9 Å². The Morgan fingerprint density at radius 3 is 1.31 bits per heavy atom. The zero-order valence-electron chi connectivity index (χ0n) is 29.8. The van der Waals surface area contributed by atoms with Crippen molar-refractivity contribution in [1.29, 1.82) is 0 Å². The molecule has 1 heterocycles. The highest BCUT2D eigenvalue weighted by molar-refractivity contribution is 5.75. The van der Waals surface area contributed by atoms with Crippen LogP contribution in [0.2, 0.25) is 0 Å². The number of carboxylic acid groups (broad SMARTS) is 4. The van der Waals surface area contributed by atoms with Crippen LogP contribution in [-0.2, 0) is 35.1 Å². The van der Waals surface area contributed by atoms with Gasteiger partial charge >= 0.3 is 23.9 Å². The first-order chi connectivity index (χ1) is 25.0. The molecule has 2 unspecified atom stereocenters. The molecule has 1 fully saturated rings. The Kier molecular flexibility index (Phi) is 21.2. The Hall–Kier alpha value is -3.46. The summed E-state index contributed by atoms with van der Waals surface area (Å²) >= 11 is 0. The van der Waals surface area contributed by atoms with Crippen LogP contribution >= 0.6 is 0 Å². The van der Waals surface area contributed by atoms with E-state index in [0.29, 0.717) is 51.6 Å². The summed E-state index contributed by atoms with van der Waals surface area (Å²) in [5.41, 5.74) is 0.960. The third kappa shape index (κ3) is 15.3. The predicted octanol–water partition coefficient (Wildman–Crippen LogP) is -1.55. The molecule has 1 aliphatic heterocycles. The number of benzene rings is 1. The molecule has 18 nitrogen and oxygen atoms in total. The minimum absolute atomic E-state index is 0.0204. The van der Waals surface area contributed by atoms with Gasteiger partial charge in [0.05, 0.1) is 39.6 Å². The van der Waals surface area contributed by atoms with E-state index in [1.807, 2.05) is 31.2 Å². The minimum atomic E-state index is -1.38. The summed E-state index contributed by atoms with van der Waals surface area (Å²) in [6, 6.07) is 2.29. The second-order valence-corrected chi connectivity index (χ2v) is 12.3. The fourth-order valence-electron chi connectivity index (χ4n) is 6.07. The van der Waals surface area contributed by atoms with Crippen LogP contribution in [-0.4, -0.2) is 209 Å². The number of aliphatic hydroxyl groups excluding tert-OH is 3. The van der Waals surface area contributed by atoms with E-state index in [4.69, 9.17) is 14.2 Å². The summed E-state index contributed by atoms with van der Waals surface area (Å²) < 4.78 is 16.4. The summed E-state index contributed by atoms with van der Waals surface area (Å²) in [7, 11) is 0. The zero-order chi connectivity index (χ0) is 38.5. The van der Waals surface area contributed by atoms with Gasteiger partial charge in [-0.15, -0.1) is 0 Å². The number of hydrogen-bond donors (Lipinski definition) is 7. The highest BCUT2D eigenvalue weighted by atomic mass is 16.5. The van der Waals surface area contributed by atoms with Crippen LogP contribution < -0.4 is 4.74 Å². The predicted molar refractivity (Wildman–Crippen MR) is 185 cm³/mol. The minimum Gasteiger partial charge on any atom is -0.491 e. The van der Waals surface area contributed by atoms with Crippen LogP contribution in [0, 0.1) is 0 Å². The van der Waals surface area contributed by atoms with Gasteiger partial charge in [0.15, 0.2) is 0 Å². The molecule has 18 heteroatoms. The molecule has 0 aliphatic carbocycles. The molecule has 2 rings (SSSR count). The zero-order valence-corrected chi connectivity index (χ0v) is 29.8. The first-order valence-electron chi connectivity index (χ1n) is 17.5. The van der Waals surface area contributed by atoms with Crippen molar-refractivity contribution in [1.82, 2.24) is 19.6 Å². The van der Waals surface area contributed by atoms with Gasteiger partial charge in [-0.25, -0.2) is 0 Å². The number of hydrogen-bond acceptors (Lipinski definition) is 14. The summed E-state index contributed by atoms with van der Waals surface area (Å²) in [4.78, 5) is 54.6. The van der Waals surface area contributed by atoms with E-state index in [2.05, 4.69) is 0 Å². The van der Waals surface area contributed by atoms with Crippen LogP contribution in [0.25, 0.3) is 0 Å². The number of aryl methyl sites for hydroxylation is 1. The van der Waals surface area contributed by atoms with Gasteiger partial charge < -0.3 is 50.0 Å². The Bertz CT molecular complexity index is 1170. The van der Waals surface area contributed by atoms with E-state index in [9.17, 15) is 54.9 Å². The molecule has 7 N–H and O–H groups in total. The molecule has 0 spiro atoms. The Balaban J connectivity index is 2.22. The third-order valence-corrected chi connectivity index (χ3v) is 9.06. The second kappa shape index (κ2) is 24.7. The van der Waals surface area contributed by atoms with Gasteiger partial charge in [0.2, 0.25) is 0 Å². The van der Waals surface area contributed by atoms with E-state index in [0.717, 1.165) is 5.56 Å². The number of ether oxygens (including phenoxy) is 3. The van der Waals surface area contributed by atoms with Crippen molar-refractivity contribution in [2.24, 2.45) is 0 Å². The van der Waals surface area contributed by atoms with Gasteiger partial charge in [-0.2, -0.15) is 0 Å². The highest BCUT2D eigenvalue weighted by Crippen LogP contribution is 2.17. The van der Waals surface area contributed by atoms with Crippen molar-refractivity contribution >= 4 is 23.9 Å². The Morgan fingerprint density at radius 2 is 0.942 bits per heavy atom. The number of aliphatic hydroxyl groups is 3. The van der Waals surface area contributed by atoms with Crippen molar-refractivity contribution in [3.8, 4) is 5.75 Å². The fraction of sp³-hybridized carbons (Fsp3) is 0.706. The molecule has 0 radical (unpaired) electrons. The van der Waals surface area contributed by atoms with Crippen LogP contribution in [0.4, 0.5) is 0 Å². The molecule has 0 bridgehead atoms. The lowest BCUT2D eigenvalue weighted by molar-refractivity contribution is -0.149. The number of aliphatic carboxylic acids is 4. The average molecular weight is 745 g/mol. The van der Waals surface area contributed by atoms with Gasteiger partial charge in [0.25, 0.3) is 0 Å². The summed E-state index contributed by atoms with van der Waals surface area (Å²) in [6.07, 6.45) is 1.24. The van der Waals surface area contributed by atoms with E-state index in [1.54, 1.807) is 4.90 Å². The summed E-state index contributed by atoms with van der Waals surface area (Å²) in [6.45, 7) is 1.81. The molecule has 1 aliphatic rings. The van der Waals surface area contributed by atoms with Crippen molar-refractivity contribution in [2.75, 3.05) is 105 Å². The Labute approximate surface area is 303 Å². The number of carbonyl (C=O) groups is 4. The maximum absolute atomic E-state index is 12.7. The van der Waals surface area contributed by atoms with Crippen molar-refractivity contribution < 1.29 is 69.1 Å². The van der Waals surface area contributed by atoms with Gasteiger partial charge in [0, 0.05) is 59.0 Å². The van der Waals surface area contributed by atoms with Crippen molar-refractivity contribution in [3.05, 3.63) is 29.8 Å². The smallest absolute Gasteiger partial charge is 0.323 e. The molecule has 1 saturated heterocycles. The third-order valence-electron chi connectivity index (χ3n) is 9.06. The summed E-state index contributed by atoms with van der Waals surface area (Å²) in [5.74, 6) is -4.43. The highest BCUT2D eigenvalue weighted by Gasteiger charge is 2.34. The molecule has 4 atom stereocenters. The molecule has 0 amide bonds. The first-order valence-corrected chi connectivity index (χ1v) is 17.5. The van der Waals surface area contributed by atoms with Gasteiger partial charge in [-0.3, -0.25) is 38.8 Å².